The van der Waals surface area contributed by atoms with Gasteiger partial charge in [0.25, 0.3) is 0 Å². The van der Waals surface area contributed by atoms with Crippen LogP contribution in [0.2, 0.25) is 0 Å². The Hall–Kier alpha value is -2.21. The van der Waals surface area contributed by atoms with E-state index in [1.54, 1.807) is 17.4 Å². The van der Waals surface area contributed by atoms with Crippen molar-refractivity contribution in [3.8, 4) is 0 Å². The molecular weight excluding hydrogens is 308 g/mol. The van der Waals surface area contributed by atoms with E-state index in [1.807, 2.05) is 42.2 Å². The lowest BCUT2D eigenvalue weighted by Crippen LogP contribution is -2.48. The third-order valence-electron chi connectivity index (χ3n) is 3.87. The molecule has 2 heterocycles. The second-order valence-electron chi connectivity index (χ2n) is 5.66. The van der Waals surface area contributed by atoms with Crippen LogP contribution in [0.25, 0.3) is 6.08 Å². The minimum atomic E-state index is 0.0682. The Morgan fingerprint density at radius 3 is 2.39 bits per heavy atom. The van der Waals surface area contributed by atoms with Gasteiger partial charge in [-0.2, -0.15) is 0 Å². The first-order valence-electron chi connectivity index (χ1n) is 7.70. The SMILES string of the molecule is Cc1ccc(/C=C/C(=O)N2CCN(c3nnc(C)s3)CC2)cc1. The van der Waals surface area contributed by atoms with Gasteiger partial charge in [0, 0.05) is 32.3 Å². The van der Waals surface area contributed by atoms with Crippen LogP contribution in [0.1, 0.15) is 16.1 Å². The molecule has 2 aromatic rings. The molecule has 23 heavy (non-hydrogen) atoms. The Bertz CT molecular complexity index is 700. The van der Waals surface area contributed by atoms with Crippen molar-refractivity contribution in [2.24, 2.45) is 0 Å². The summed E-state index contributed by atoms with van der Waals surface area (Å²) < 4.78 is 0. The Morgan fingerprint density at radius 2 is 1.78 bits per heavy atom. The normalized spacial score (nSPS) is 15.4. The molecule has 0 unspecified atom stereocenters. The zero-order valence-electron chi connectivity index (χ0n) is 13.4. The van der Waals surface area contributed by atoms with E-state index in [0.717, 1.165) is 41.9 Å². The van der Waals surface area contributed by atoms with Crippen LogP contribution in [0.5, 0.6) is 0 Å². The Kier molecular flexibility index (Phi) is 4.71. The van der Waals surface area contributed by atoms with E-state index in [2.05, 4.69) is 22.0 Å². The maximum Gasteiger partial charge on any atom is 0.246 e. The van der Waals surface area contributed by atoms with Crippen LogP contribution in [0.15, 0.2) is 30.3 Å². The zero-order valence-corrected chi connectivity index (χ0v) is 14.2. The fraction of sp³-hybridized carbons (Fsp3) is 0.353. The molecule has 1 saturated heterocycles. The standard InChI is InChI=1S/C17H20N4OS/c1-13-3-5-15(6-4-13)7-8-16(22)20-9-11-21(12-10-20)17-19-18-14(2)23-17/h3-8H,9-12H2,1-2H3/b8-7+. The molecule has 1 amide bonds. The summed E-state index contributed by atoms with van der Waals surface area (Å²) in [5, 5.41) is 10.1. The van der Waals surface area contributed by atoms with Gasteiger partial charge in [0.1, 0.15) is 5.01 Å². The smallest absolute Gasteiger partial charge is 0.246 e. The first-order chi connectivity index (χ1) is 11.1. The number of hydrogen-bond donors (Lipinski definition) is 0. The summed E-state index contributed by atoms with van der Waals surface area (Å²) in [7, 11) is 0. The maximum atomic E-state index is 12.3. The maximum absolute atomic E-state index is 12.3. The molecule has 0 saturated carbocycles. The van der Waals surface area contributed by atoms with Gasteiger partial charge in [0.2, 0.25) is 11.0 Å². The van der Waals surface area contributed by atoms with E-state index in [4.69, 9.17) is 0 Å². The number of amides is 1. The molecule has 0 aliphatic carbocycles. The highest BCUT2D eigenvalue weighted by Gasteiger charge is 2.21. The minimum absolute atomic E-state index is 0.0682. The third-order valence-corrected chi connectivity index (χ3v) is 4.77. The van der Waals surface area contributed by atoms with E-state index in [9.17, 15) is 4.79 Å². The van der Waals surface area contributed by atoms with Crippen molar-refractivity contribution < 1.29 is 4.79 Å². The molecule has 6 heteroatoms. The Balaban J connectivity index is 1.54. The molecule has 3 rings (SSSR count). The predicted molar refractivity (Wildman–Crippen MR) is 93.7 cm³/mol. The van der Waals surface area contributed by atoms with E-state index < -0.39 is 0 Å². The lowest BCUT2D eigenvalue weighted by atomic mass is 10.1. The molecule has 0 bridgehead atoms. The quantitative estimate of drug-likeness (QED) is 0.813. The van der Waals surface area contributed by atoms with Gasteiger partial charge in [0.05, 0.1) is 0 Å². The van der Waals surface area contributed by atoms with E-state index in [1.165, 1.54) is 5.56 Å². The summed E-state index contributed by atoms with van der Waals surface area (Å²) in [6.45, 7) is 7.05. The number of hydrogen-bond acceptors (Lipinski definition) is 5. The molecule has 120 valence electrons. The number of aromatic nitrogens is 2. The van der Waals surface area contributed by atoms with Gasteiger partial charge in [0.15, 0.2) is 0 Å². The summed E-state index contributed by atoms with van der Waals surface area (Å²) in [4.78, 5) is 16.4. The number of aryl methyl sites for hydroxylation is 2. The number of rotatable bonds is 3. The second-order valence-corrected chi connectivity index (χ2v) is 6.82. The van der Waals surface area contributed by atoms with Gasteiger partial charge in [-0.15, -0.1) is 10.2 Å². The van der Waals surface area contributed by atoms with Crippen LogP contribution < -0.4 is 4.90 Å². The van der Waals surface area contributed by atoms with E-state index in [-0.39, 0.29) is 5.91 Å². The molecule has 1 fully saturated rings. The number of anilines is 1. The van der Waals surface area contributed by atoms with Gasteiger partial charge >= 0.3 is 0 Å². The third kappa shape index (κ3) is 3.96. The van der Waals surface area contributed by atoms with Crippen LogP contribution in [0.4, 0.5) is 5.13 Å². The minimum Gasteiger partial charge on any atom is -0.343 e. The first kappa shape index (κ1) is 15.7. The topological polar surface area (TPSA) is 49.3 Å². The van der Waals surface area contributed by atoms with Gasteiger partial charge in [-0.1, -0.05) is 41.2 Å². The molecule has 1 aliphatic rings. The van der Waals surface area contributed by atoms with Crippen LogP contribution in [0.3, 0.4) is 0 Å². The lowest BCUT2D eigenvalue weighted by Gasteiger charge is -2.33. The number of nitrogens with zero attached hydrogens (tertiary/aromatic N) is 4. The second kappa shape index (κ2) is 6.91. The molecule has 0 N–H and O–H groups in total. The summed E-state index contributed by atoms with van der Waals surface area (Å²) in [6, 6.07) is 8.14. The van der Waals surface area contributed by atoms with Gasteiger partial charge in [-0.25, -0.2) is 0 Å². The molecule has 1 aromatic heterocycles. The Morgan fingerprint density at radius 1 is 1.09 bits per heavy atom. The highest BCUT2D eigenvalue weighted by Crippen LogP contribution is 2.20. The molecule has 0 spiro atoms. The molecular formula is C17H20N4OS. The number of benzene rings is 1. The van der Waals surface area contributed by atoms with Crippen molar-refractivity contribution in [1.82, 2.24) is 15.1 Å². The summed E-state index contributed by atoms with van der Waals surface area (Å²) >= 11 is 1.60. The molecule has 0 atom stereocenters. The number of carbonyl (C=O) groups excluding carboxylic acids is 1. The molecule has 1 aliphatic heterocycles. The van der Waals surface area contributed by atoms with Crippen molar-refractivity contribution in [2.45, 2.75) is 13.8 Å². The van der Waals surface area contributed by atoms with Crippen molar-refractivity contribution in [1.29, 1.82) is 0 Å². The van der Waals surface area contributed by atoms with Crippen molar-refractivity contribution >= 4 is 28.5 Å². The fourth-order valence-corrected chi connectivity index (χ4v) is 3.22. The first-order valence-corrected chi connectivity index (χ1v) is 8.52. The summed E-state index contributed by atoms with van der Waals surface area (Å²) in [6.07, 6.45) is 3.54. The number of carbonyl (C=O) groups is 1. The monoisotopic (exact) mass is 328 g/mol. The largest absolute Gasteiger partial charge is 0.343 e. The van der Waals surface area contributed by atoms with Crippen LogP contribution in [0, 0.1) is 13.8 Å². The number of piperazine rings is 1. The predicted octanol–water partition coefficient (Wildman–Crippen LogP) is 2.52. The highest BCUT2D eigenvalue weighted by atomic mass is 32.1. The summed E-state index contributed by atoms with van der Waals surface area (Å²) in [5.74, 6) is 0.0682. The lowest BCUT2D eigenvalue weighted by molar-refractivity contribution is -0.126. The molecule has 0 radical (unpaired) electrons. The average Bonchev–Trinajstić information content (AvgIpc) is 3.01. The van der Waals surface area contributed by atoms with Gasteiger partial charge in [-0.3, -0.25) is 4.79 Å². The molecule has 5 nitrogen and oxygen atoms in total. The van der Waals surface area contributed by atoms with E-state index in [0.29, 0.717) is 0 Å². The van der Waals surface area contributed by atoms with Crippen LogP contribution in [-0.4, -0.2) is 47.2 Å². The molecule has 1 aromatic carbocycles. The van der Waals surface area contributed by atoms with E-state index >= 15 is 0 Å². The van der Waals surface area contributed by atoms with Crippen molar-refractivity contribution in [2.75, 3.05) is 31.1 Å². The van der Waals surface area contributed by atoms with Crippen LogP contribution >= 0.6 is 11.3 Å². The fourth-order valence-electron chi connectivity index (χ4n) is 2.48. The van der Waals surface area contributed by atoms with Gasteiger partial charge in [-0.05, 0) is 25.5 Å². The zero-order chi connectivity index (χ0) is 16.2. The average molecular weight is 328 g/mol. The van der Waals surface area contributed by atoms with Crippen molar-refractivity contribution in [3.05, 3.63) is 46.5 Å². The highest BCUT2D eigenvalue weighted by molar-refractivity contribution is 7.15. The Labute approximate surface area is 140 Å². The van der Waals surface area contributed by atoms with Crippen molar-refractivity contribution in [3.63, 3.8) is 0 Å². The summed E-state index contributed by atoms with van der Waals surface area (Å²) in [5.41, 5.74) is 2.27. The van der Waals surface area contributed by atoms with Gasteiger partial charge < -0.3 is 9.80 Å². The van der Waals surface area contributed by atoms with Crippen LogP contribution in [-0.2, 0) is 4.79 Å².